The zero-order valence-electron chi connectivity index (χ0n) is 10.0. The van der Waals surface area contributed by atoms with Crippen LogP contribution in [0, 0.1) is 0 Å². The summed E-state index contributed by atoms with van der Waals surface area (Å²) in [5, 5.41) is 6.66. The molecule has 0 aliphatic heterocycles. The van der Waals surface area contributed by atoms with Crippen molar-refractivity contribution in [2.75, 3.05) is 11.9 Å². The van der Waals surface area contributed by atoms with Crippen LogP contribution in [0.5, 0.6) is 0 Å². The second-order valence-corrected chi connectivity index (χ2v) is 3.64. The number of nitrogens with one attached hydrogen (secondary N) is 1. The number of ether oxygens (including phenoxy) is 1. The molecule has 0 unspecified atom stereocenters. The summed E-state index contributed by atoms with van der Waals surface area (Å²) in [6.07, 6.45) is 2.71. The number of benzene rings is 1. The maximum atomic E-state index is 11.2. The SMILES string of the molecule is CCOC(=O)Nc1ccc(Cn2cncn2)cc1. The molecule has 0 fully saturated rings. The molecule has 0 saturated heterocycles. The van der Waals surface area contributed by atoms with Gasteiger partial charge in [0.2, 0.25) is 0 Å². The molecule has 0 radical (unpaired) electrons. The average Bonchev–Trinajstić information content (AvgIpc) is 2.85. The van der Waals surface area contributed by atoms with E-state index in [-0.39, 0.29) is 0 Å². The quantitative estimate of drug-likeness (QED) is 0.894. The number of rotatable bonds is 4. The third-order valence-electron chi connectivity index (χ3n) is 2.29. The van der Waals surface area contributed by atoms with Crippen LogP contribution >= 0.6 is 0 Å². The molecular formula is C12H14N4O2. The molecule has 0 saturated carbocycles. The van der Waals surface area contributed by atoms with Crippen LogP contribution in [0.2, 0.25) is 0 Å². The fraction of sp³-hybridized carbons (Fsp3) is 0.250. The number of amides is 1. The normalized spacial score (nSPS) is 10.1. The van der Waals surface area contributed by atoms with E-state index in [4.69, 9.17) is 4.74 Å². The van der Waals surface area contributed by atoms with Gasteiger partial charge in [0.15, 0.2) is 0 Å². The molecule has 1 heterocycles. The second kappa shape index (κ2) is 5.81. The van der Waals surface area contributed by atoms with Crippen molar-refractivity contribution < 1.29 is 9.53 Å². The highest BCUT2D eigenvalue weighted by atomic mass is 16.5. The molecule has 6 heteroatoms. The van der Waals surface area contributed by atoms with Crippen LogP contribution in [0.15, 0.2) is 36.9 Å². The van der Waals surface area contributed by atoms with Crippen molar-refractivity contribution in [1.82, 2.24) is 14.8 Å². The number of nitrogens with zero attached hydrogens (tertiary/aromatic N) is 3. The molecule has 2 rings (SSSR count). The summed E-state index contributed by atoms with van der Waals surface area (Å²) in [4.78, 5) is 15.1. The predicted molar refractivity (Wildman–Crippen MR) is 66.2 cm³/mol. The Labute approximate surface area is 105 Å². The van der Waals surface area contributed by atoms with Crippen LogP contribution in [0.25, 0.3) is 0 Å². The van der Waals surface area contributed by atoms with Gasteiger partial charge in [-0.2, -0.15) is 5.10 Å². The van der Waals surface area contributed by atoms with Crippen molar-refractivity contribution in [2.45, 2.75) is 13.5 Å². The lowest BCUT2D eigenvalue weighted by Gasteiger charge is -2.06. The molecule has 1 N–H and O–H groups in total. The summed E-state index contributed by atoms with van der Waals surface area (Å²) in [6, 6.07) is 7.48. The van der Waals surface area contributed by atoms with Crippen LogP contribution in [-0.2, 0) is 11.3 Å². The van der Waals surface area contributed by atoms with Gasteiger partial charge in [0.05, 0.1) is 13.2 Å². The van der Waals surface area contributed by atoms with Crippen molar-refractivity contribution in [3.8, 4) is 0 Å². The standard InChI is InChI=1S/C12H14N4O2/c1-2-18-12(17)15-11-5-3-10(4-6-11)7-16-9-13-8-14-16/h3-6,8-9H,2,7H2,1H3,(H,15,17). The average molecular weight is 246 g/mol. The van der Waals surface area contributed by atoms with Gasteiger partial charge in [-0.1, -0.05) is 12.1 Å². The first kappa shape index (κ1) is 12.1. The first-order valence-corrected chi connectivity index (χ1v) is 5.63. The number of anilines is 1. The van der Waals surface area contributed by atoms with Crippen LogP contribution in [0.4, 0.5) is 10.5 Å². The summed E-state index contributed by atoms with van der Waals surface area (Å²) in [5.41, 5.74) is 1.78. The summed E-state index contributed by atoms with van der Waals surface area (Å²) >= 11 is 0. The van der Waals surface area contributed by atoms with Gasteiger partial charge in [0.1, 0.15) is 12.7 Å². The second-order valence-electron chi connectivity index (χ2n) is 3.64. The van der Waals surface area contributed by atoms with E-state index in [0.29, 0.717) is 18.8 Å². The third-order valence-corrected chi connectivity index (χ3v) is 2.29. The largest absolute Gasteiger partial charge is 0.450 e. The molecule has 1 aromatic carbocycles. The van der Waals surface area contributed by atoms with Crippen molar-refractivity contribution in [3.63, 3.8) is 0 Å². The minimum absolute atomic E-state index is 0.357. The Kier molecular flexibility index (Phi) is 3.90. The van der Waals surface area contributed by atoms with Gasteiger partial charge >= 0.3 is 6.09 Å². The highest BCUT2D eigenvalue weighted by Crippen LogP contribution is 2.10. The lowest BCUT2D eigenvalue weighted by atomic mass is 10.2. The molecule has 0 aliphatic rings. The van der Waals surface area contributed by atoms with Crippen LogP contribution in [0.3, 0.4) is 0 Å². The highest BCUT2D eigenvalue weighted by Gasteiger charge is 2.02. The Morgan fingerprint density at radius 2 is 2.17 bits per heavy atom. The van der Waals surface area contributed by atoms with Crippen molar-refractivity contribution in [1.29, 1.82) is 0 Å². The fourth-order valence-corrected chi connectivity index (χ4v) is 1.48. The number of hydrogen-bond donors (Lipinski definition) is 1. The molecule has 18 heavy (non-hydrogen) atoms. The van der Waals surface area contributed by atoms with E-state index < -0.39 is 6.09 Å². The monoisotopic (exact) mass is 246 g/mol. The number of carbonyl (C=O) groups is 1. The number of hydrogen-bond acceptors (Lipinski definition) is 4. The number of aromatic nitrogens is 3. The van der Waals surface area contributed by atoms with Crippen LogP contribution in [-0.4, -0.2) is 27.5 Å². The Balaban J connectivity index is 1.95. The maximum Gasteiger partial charge on any atom is 0.411 e. The minimum Gasteiger partial charge on any atom is -0.450 e. The molecule has 2 aromatic rings. The van der Waals surface area contributed by atoms with E-state index >= 15 is 0 Å². The summed E-state index contributed by atoms with van der Waals surface area (Å²) in [5.74, 6) is 0. The molecule has 1 amide bonds. The summed E-state index contributed by atoms with van der Waals surface area (Å²) in [6.45, 7) is 2.77. The fourth-order valence-electron chi connectivity index (χ4n) is 1.48. The Hall–Kier alpha value is -2.37. The first-order valence-electron chi connectivity index (χ1n) is 5.63. The van der Waals surface area contributed by atoms with Gasteiger partial charge in [0.25, 0.3) is 0 Å². The Morgan fingerprint density at radius 3 is 2.78 bits per heavy atom. The lowest BCUT2D eigenvalue weighted by Crippen LogP contribution is -2.13. The number of carbonyl (C=O) groups excluding carboxylic acids is 1. The molecule has 6 nitrogen and oxygen atoms in total. The van der Waals surface area contributed by atoms with Crippen LogP contribution < -0.4 is 5.32 Å². The van der Waals surface area contributed by atoms with Gasteiger partial charge in [-0.25, -0.2) is 14.5 Å². The first-order chi connectivity index (χ1) is 8.78. The van der Waals surface area contributed by atoms with E-state index in [1.807, 2.05) is 24.3 Å². The molecule has 0 atom stereocenters. The Morgan fingerprint density at radius 1 is 1.39 bits per heavy atom. The Bertz CT molecular complexity index is 493. The zero-order valence-corrected chi connectivity index (χ0v) is 10.0. The predicted octanol–water partition coefficient (Wildman–Crippen LogP) is 1.89. The molecule has 0 bridgehead atoms. The summed E-state index contributed by atoms with van der Waals surface area (Å²) < 4.78 is 6.52. The zero-order chi connectivity index (χ0) is 12.8. The topological polar surface area (TPSA) is 69.0 Å². The van der Waals surface area contributed by atoms with Crippen molar-refractivity contribution in [2.24, 2.45) is 0 Å². The molecule has 0 aliphatic carbocycles. The molecule has 1 aromatic heterocycles. The molecule has 0 spiro atoms. The van der Waals surface area contributed by atoms with Crippen LogP contribution in [0.1, 0.15) is 12.5 Å². The minimum atomic E-state index is -0.443. The van der Waals surface area contributed by atoms with Crippen molar-refractivity contribution in [3.05, 3.63) is 42.5 Å². The lowest BCUT2D eigenvalue weighted by molar-refractivity contribution is 0.168. The van der Waals surface area contributed by atoms with Gasteiger partial charge in [-0.05, 0) is 24.6 Å². The van der Waals surface area contributed by atoms with Gasteiger partial charge in [-0.3, -0.25) is 5.32 Å². The third kappa shape index (κ3) is 3.31. The summed E-state index contributed by atoms with van der Waals surface area (Å²) in [7, 11) is 0. The van der Waals surface area contributed by atoms with Gasteiger partial charge in [-0.15, -0.1) is 0 Å². The van der Waals surface area contributed by atoms with Gasteiger partial charge < -0.3 is 4.74 Å². The van der Waals surface area contributed by atoms with E-state index in [1.165, 1.54) is 6.33 Å². The van der Waals surface area contributed by atoms with Gasteiger partial charge in [0, 0.05) is 5.69 Å². The van der Waals surface area contributed by atoms with Crippen molar-refractivity contribution >= 4 is 11.8 Å². The van der Waals surface area contributed by atoms with E-state index in [1.54, 1.807) is 17.9 Å². The van der Waals surface area contributed by atoms with E-state index in [2.05, 4.69) is 15.4 Å². The smallest absolute Gasteiger partial charge is 0.411 e. The van der Waals surface area contributed by atoms with E-state index in [9.17, 15) is 4.79 Å². The molecule has 94 valence electrons. The molecular weight excluding hydrogens is 232 g/mol. The maximum absolute atomic E-state index is 11.2. The van der Waals surface area contributed by atoms with E-state index in [0.717, 1.165) is 5.56 Å². The highest BCUT2D eigenvalue weighted by molar-refractivity contribution is 5.84.